The Morgan fingerprint density at radius 2 is 1.92 bits per heavy atom. The van der Waals surface area contributed by atoms with Gasteiger partial charge in [0.25, 0.3) is 5.56 Å². The van der Waals surface area contributed by atoms with E-state index in [4.69, 9.17) is 0 Å². The van der Waals surface area contributed by atoms with E-state index in [9.17, 15) is 9.59 Å². The summed E-state index contributed by atoms with van der Waals surface area (Å²) in [7, 11) is 0. The lowest BCUT2D eigenvalue weighted by Crippen LogP contribution is -2.30. The van der Waals surface area contributed by atoms with Gasteiger partial charge in [-0.25, -0.2) is 4.98 Å². The quantitative estimate of drug-likeness (QED) is 0.850. The smallest absolute Gasteiger partial charge is 0.254 e. The van der Waals surface area contributed by atoms with Crippen LogP contribution in [-0.2, 0) is 11.2 Å². The second-order valence-corrected chi connectivity index (χ2v) is 7.01. The maximum Gasteiger partial charge on any atom is 0.254 e. The highest BCUT2D eigenvalue weighted by molar-refractivity contribution is 5.76. The van der Waals surface area contributed by atoms with Gasteiger partial charge in [0.15, 0.2) is 0 Å². The number of nitrogens with zero attached hydrogens (tertiary/aromatic N) is 1. The number of nitrogens with one attached hydrogen (secondary N) is 2. The molecular weight excluding hydrogens is 314 g/mol. The summed E-state index contributed by atoms with van der Waals surface area (Å²) in [5.74, 6) is 1.11. The molecule has 0 radical (unpaired) electrons. The molecule has 1 aliphatic carbocycles. The largest absolute Gasteiger partial charge is 0.349 e. The van der Waals surface area contributed by atoms with E-state index >= 15 is 0 Å². The molecule has 1 saturated carbocycles. The first-order valence-corrected chi connectivity index (χ1v) is 8.86. The highest BCUT2D eigenvalue weighted by Gasteiger charge is 2.33. The highest BCUT2D eigenvalue weighted by Crippen LogP contribution is 2.41. The molecule has 25 heavy (non-hydrogen) atoms. The molecule has 5 nitrogen and oxygen atoms in total. The van der Waals surface area contributed by atoms with Crippen molar-refractivity contribution in [2.75, 3.05) is 0 Å². The van der Waals surface area contributed by atoms with E-state index in [1.54, 1.807) is 6.92 Å². The fourth-order valence-corrected chi connectivity index (χ4v) is 3.21. The van der Waals surface area contributed by atoms with Crippen LogP contribution in [0.15, 0.2) is 29.1 Å². The van der Waals surface area contributed by atoms with Crippen LogP contribution in [0.5, 0.6) is 0 Å². The minimum absolute atomic E-state index is 0.0168. The minimum Gasteiger partial charge on any atom is -0.349 e. The molecule has 0 bridgehead atoms. The third-order valence-electron chi connectivity index (χ3n) is 4.79. The maximum absolute atomic E-state index is 12.4. The van der Waals surface area contributed by atoms with Crippen LogP contribution in [0.2, 0.25) is 0 Å². The van der Waals surface area contributed by atoms with Crippen LogP contribution in [0, 0.1) is 26.7 Å². The van der Waals surface area contributed by atoms with Gasteiger partial charge < -0.3 is 10.3 Å². The van der Waals surface area contributed by atoms with Crippen molar-refractivity contribution in [1.29, 1.82) is 0 Å². The third kappa shape index (κ3) is 4.35. The van der Waals surface area contributed by atoms with Crippen molar-refractivity contribution in [3.63, 3.8) is 0 Å². The normalized spacial score (nSPS) is 15.0. The number of benzene rings is 1. The molecule has 2 N–H and O–H groups in total. The fraction of sp³-hybridized carbons (Fsp3) is 0.450. The number of hydrogen-bond donors (Lipinski definition) is 2. The lowest BCUT2D eigenvalue weighted by molar-refractivity contribution is -0.122. The van der Waals surface area contributed by atoms with Crippen molar-refractivity contribution in [2.45, 2.75) is 52.5 Å². The first kappa shape index (κ1) is 17.4. The molecular formula is C20H25N3O2. The average molecular weight is 339 g/mol. The van der Waals surface area contributed by atoms with Crippen molar-refractivity contribution >= 4 is 5.91 Å². The summed E-state index contributed by atoms with van der Waals surface area (Å²) in [5.41, 5.74) is 3.53. The Kier molecular flexibility index (Phi) is 5.02. The van der Waals surface area contributed by atoms with Crippen LogP contribution in [0.4, 0.5) is 0 Å². The molecule has 0 spiro atoms. The van der Waals surface area contributed by atoms with E-state index in [-0.39, 0.29) is 17.5 Å². The zero-order chi connectivity index (χ0) is 18.0. The highest BCUT2D eigenvalue weighted by atomic mass is 16.1. The molecule has 1 fully saturated rings. The summed E-state index contributed by atoms with van der Waals surface area (Å²) in [6, 6.07) is 8.42. The van der Waals surface area contributed by atoms with E-state index in [0.29, 0.717) is 35.8 Å². The second-order valence-electron chi connectivity index (χ2n) is 7.01. The van der Waals surface area contributed by atoms with Crippen LogP contribution in [0.25, 0.3) is 0 Å². The van der Waals surface area contributed by atoms with Crippen LogP contribution in [-0.4, -0.2) is 15.9 Å². The van der Waals surface area contributed by atoms with Crippen molar-refractivity contribution < 1.29 is 4.79 Å². The molecule has 3 rings (SSSR count). The van der Waals surface area contributed by atoms with Gasteiger partial charge in [0.1, 0.15) is 5.82 Å². The molecule has 132 valence electrons. The number of hydrogen-bond acceptors (Lipinski definition) is 3. The molecule has 1 aliphatic rings. The van der Waals surface area contributed by atoms with Gasteiger partial charge in [0.05, 0.1) is 6.04 Å². The van der Waals surface area contributed by atoms with E-state index in [1.807, 2.05) is 6.92 Å². The van der Waals surface area contributed by atoms with Crippen LogP contribution < -0.4 is 10.9 Å². The molecule has 0 unspecified atom stereocenters. The fourth-order valence-electron chi connectivity index (χ4n) is 3.21. The van der Waals surface area contributed by atoms with E-state index in [0.717, 1.165) is 18.4 Å². The number of aromatic nitrogens is 2. The van der Waals surface area contributed by atoms with Crippen molar-refractivity contribution in [1.82, 2.24) is 15.3 Å². The number of aromatic amines is 1. The van der Waals surface area contributed by atoms with Gasteiger partial charge in [-0.2, -0.15) is 0 Å². The van der Waals surface area contributed by atoms with Crippen LogP contribution in [0.1, 0.15) is 53.5 Å². The standard InChI is InChI=1S/C20H25N3O2/c1-12-4-6-15(7-5-12)19(16-8-9-16)23-18(24)11-10-17-13(2)21-14(3)22-20(17)25/h4-7,16,19H,8-11H2,1-3H3,(H,23,24)(H,21,22,25)/t19-/m1/s1. The molecule has 1 aromatic carbocycles. The predicted octanol–water partition coefficient (Wildman–Crippen LogP) is 2.90. The van der Waals surface area contributed by atoms with Gasteiger partial charge in [-0.05, 0) is 51.5 Å². The van der Waals surface area contributed by atoms with Crippen molar-refractivity contribution in [3.05, 3.63) is 62.8 Å². The molecule has 1 aromatic heterocycles. The Morgan fingerprint density at radius 3 is 2.52 bits per heavy atom. The monoisotopic (exact) mass is 339 g/mol. The van der Waals surface area contributed by atoms with Crippen molar-refractivity contribution in [3.8, 4) is 0 Å². The number of H-pyrrole nitrogens is 1. The summed E-state index contributed by atoms with van der Waals surface area (Å²) >= 11 is 0. The van der Waals surface area contributed by atoms with E-state index < -0.39 is 0 Å². The number of rotatable bonds is 6. The summed E-state index contributed by atoms with van der Waals surface area (Å²) in [5, 5.41) is 3.16. The lowest BCUT2D eigenvalue weighted by Gasteiger charge is -2.19. The zero-order valence-corrected chi connectivity index (χ0v) is 15.1. The predicted molar refractivity (Wildman–Crippen MR) is 97.4 cm³/mol. The Bertz CT molecular complexity index is 820. The number of carbonyl (C=O) groups excluding carboxylic acids is 1. The summed E-state index contributed by atoms with van der Waals surface area (Å²) in [6.45, 7) is 5.63. The van der Waals surface area contributed by atoms with Gasteiger partial charge in [0, 0.05) is 17.7 Å². The number of amides is 1. The van der Waals surface area contributed by atoms with E-state index in [1.165, 1.54) is 5.56 Å². The first-order valence-electron chi connectivity index (χ1n) is 8.86. The van der Waals surface area contributed by atoms with Crippen LogP contribution in [0.3, 0.4) is 0 Å². The second kappa shape index (κ2) is 7.21. The van der Waals surface area contributed by atoms with Gasteiger partial charge in [-0.15, -0.1) is 0 Å². The Labute approximate surface area is 147 Å². The first-order chi connectivity index (χ1) is 11.9. The van der Waals surface area contributed by atoms with Gasteiger partial charge >= 0.3 is 0 Å². The molecule has 0 saturated heterocycles. The molecule has 2 aromatic rings. The van der Waals surface area contributed by atoms with Gasteiger partial charge in [-0.1, -0.05) is 29.8 Å². The number of aryl methyl sites for hydroxylation is 3. The topological polar surface area (TPSA) is 74.8 Å². The van der Waals surface area contributed by atoms with E-state index in [2.05, 4.69) is 46.5 Å². The minimum atomic E-state index is -0.143. The molecule has 1 heterocycles. The Morgan fingerprint density at radius 1 is 1.24 bits per heavy atom. The molecule has 1 atom stereocenters. The maximum atomic E-state index is 12.4. The van der Waals surface area contributed by atoms with Crippen molar-refractivity contribution in [2.24, 2.45) is 5.92 Å². The summed E-state index contributed by atoms with van der Waals surface area (Å²) < 4.78 is 0. The summed E-state index contributed by atoms with van der Waals surface area (Å²) in [4.78, 5) is 31.5. The van der Waals surface area contributed by atoms with Gasteiger partial charge in [-0.3, -0.25) is 9.59 Å². The average Bonchev–Trinajstić information content (AvgIpc) is 3.37. The lowest BCUT2D eigenvalue weighted by atomic mass is 10.0. The SMILES string of the molecule is Cc1ccc([C@@H](NC(=O)CCc2c(C)nc(C)[nH]c2=O)C2CC2)cc1. The molecule has 5 heteroatoms. The third-order valence-corrected chi connectivity index (χ3v) is 4.79. The Balaban J connectivity index is 1.65. The van der Waals surface area contributed by atoms with Crippen LogP contribution >= 0.6 is 0 Å². The zero-order valence-electron chi connectivity index (χ0n) is 15.1. The Hall–Kier alpha value is -2.43. The van der Waals surface area contributed by atoms with Gasteiger partial charge in [0.2, 0.25) is 5.91 Å². The summed E-state index contributed by atoms with van der Waals surface area (Å²) in [6.07, 6.45) is 3.01. The molecule has 0 aliphatic heterocycles. The molecule has 1 amide bonds. The number of carbonyl (C=O) groups is 1.